The molecule has 0 bridgehead atoms. The highest BCUT2D eigenvalue weighted by molar-refractivity contribution is 7.89. The third-order valence-electron chi connectivity index (χ3n) is 5.15. The van der Waals surface area contributed by atoms with E-state index in [4.69, 9.17) is 15.2 Å². The first-order valence-electron chi connectivity index (χ1n) is 9.64. The molecule has 2 N–H and O–H groups in total. The Labute approximate surface area is 183 Å². The highest BCUT2D eigenvalue weighted by atomic mass is 32.2. The lowest BCUT2D eigenvalue weighted by Crippen LogP contribution is -2.50. The molecule has 0 amide bonds. The lowest BCUT2D eigenvalue weighted by atomic mass is 9.92. The first kappa shape index (κ1) is 21.9. The van der Waals surface area contributed by atoms with Crippen molar-refractivity contribution in [1.82, 2.24) is 14.3 Å². The molecule has 0 saturated heterocycles. The zero-order valence-corrected chi connectivity index (χ0v) is 18.4. The summed E-state index contributed by atoms with van der Waals surface area (Å²) >= 11 is 0. The van der Waals surface area contributed by atoms with Gasteiger partial charge in [0.05, 0.1) is 11.9 Å². The summed E-state index contributed by atoms with van der Waals surface area (Å²) in [5.74, 6) is -2.02. The molecule has 12 heteroatoms. The Morgan fingerprint density at radius 3 is 2.88 bits per heavy atom. The number of sulfonamides is 1. The number of hydrogen-bond acceptors (Lipinski definition) is 8. The number of aromatic nitrogens is 2. The van der Waals surface area contributed by atoms with E-state index in [1.807, 2.05) is 6.92 Å². The SMILES string of the molecule is C[C@@H]1COc2nc(/C(F)=C/c3ccc(F)c([C@]4(C)CS(=O)(=O)N(C)C(N)=N4)c3)ncc2O1. The van der Waals surface area contributed by atoms with Gasteiger partial charge >= 0.3 is 0 Å². The van der Waals surface area contributed by atoms with Gasteiger partial charge in [0.25, 0.3) is 5.88 Å². The van der Waals surface area contributed by atoms with Gasteiger partial charge in [-0.1, -0.05) is 6.07 Å². The number of nitrogens with zero attached hydrogens (tertiary/aromatic N) is 4. The maximum absolute atomic E-state index is 14.9. The van der Waals surface area contributed by atoms with Crippen LogP contribution in [0.15, 0.2) is 29.4 Å². The summed E-state index contributed by atoms with van der Waals surface area (Å²) in [5.41, 5.74) is 4.49. The van der Waals surface area contributed by atoms with E-state index in [9.17, 15) is 17.2 Å². The fourth-order valence-electron chi connectivity index (χ4n) is 3.45. The normalized spacial score (nSPS) is 24.8. The predicted octanol–water partition coefficient (Wildman–Crippen LogP) is 2.05. The van der Waals surface area contributed by atoms with Gasteiger partial charge in [-0.2, -0.15) is 4.98 Å². The summed E-state index contributed by atoms with van der Waals surface area (Å²) < 4.78 is 66.2. The second-order valence-corrected chi connectivity index (χ2v) is 9.80. The van der Waals surface area contributed by atoms with Crippen molar-refractivity contribution in [2.75, 3.05) is 19.4 Å². The maximum Gasteiger partial charge on any atom is 0.260 e. The number of aliphatic imine (C=N–C) groups is 1. The zero-order valence-electron chi connectivity index (χ0n) is 17.5. The van der Waals surface area contributed by atoms with Crippen LogP contribution in [0.5, 0.6) is 11.6 Å². The standard InChI is InChI=1S/C20H21F2N5O4S/c1-11-9-30-18-16(31-11)8-24-17(25-18)15(22)7-12-4-5-14(21)13(6-12)20(2)10-32(28,29)27(3)19(23)26-20/h4-8,11H,9-10H2,1-3H3,(H2,23,26)/b15-7-/t11-,20+/m1/s1. The molecule has 0 radical (unpaired) electrons. The number of hydrogen-bond donors (Lipinski definition) is 1. The van der Waals surface area contributed by atoms with Gasteiger partial charge in [-0.25, -0.2) is 31.5 Å². The fourth-order valence-corrected chi connectivity index (χ4v) is 4.90. The van der Waals surface area contributed by atoms with Crippen molar-refractivity contribution in [2.24, 2.45) is 10.7 Å². The third-order valence-corrected chi connectivity index (χ3v) is 7.10. The molecule has 2 aliphatic rings. The fraction of sp³-hybridized carbons (Fsp3) is 0.350. The van der Waals surface area contributed by atoms with Crippen LogP contribution in [0, 0.1) is 5.82 Å². The van der Waals surface area contributed by atoms with Crippen molar-refractivity contribution in [3.05, 3.63) is 47.2 Å². The zero-order chi connectivity index (χ0) is 23.3. The lowest BCUT2D eigenvalue weighted by molar-refractivity contribution is 0.0978. The number of fused-ring (bicyclic) bond motifs is 1. The Morgan fingerprint density at radius 1 is 1.41 bits per heavy atom. The third kappa shape index (κ3) is 3.97. The number of guanidine groups is 1. The maximum atomic E-state index is 14.9. The van der Waals surface area contributed by atoms with Gasteiger partial charge in [0, 0.05) is 12.6 Å². The first-order valence-corrected chi connectivity index (χ1v) is 11.3. The molecule has 0 unspecified atom stereocenters. The van der Waals surface area contributed by atoms with Crippen molar-refractivity contribution in [3.8, 4) is 11.6 Å². The Bertz CT molecular complexity index is 1250. The molecular weight excluding hydrogens is 444 g/mol. The van der Waals surface area contributed by atoms with Crippen molar-refractivity contribution in [2.45, 2.75) is 25.5 Å². The largest absolute Gasteiger partial charge is 0.480 e. The van der Waals surface area contributed by atoms with E-state index < -0.39 is 33.0 Å². The van der Waals surface area contributed by atoms with Crippen LogP contribution in [0.1, 0.15) is 30.8 Å². The van der Waals surface area contributed by atoms with Crippen LogP contribution in [0.4, 0.5) is 8.78 Å². The van der Waals surface area contributed by atoms with E-state index in [0.717, 1.165) is 16.4 Å². The van der Waals surface area contributed by atoms with Crippen LogP contribution < -0.4 is 15.2 Å². The minimum absolute atomic E-state index is 0.0317. The molecule has 4 rings (SSSR count). The predicted molar refractivity (Wildman–Crippen MR) is 114 cm³/mol. The second-order valence-electron chi connectivity index (χ2n) is 7.80. The lowest BCUT2D eigenvalue weighted by Gasteiger charge is -2.34. The molecule has 0 aliphatic carbocycles. The Balaban J connectivity index is 1.70. The van der Waals surface area contributed by atoms with Gasteiger partial charge < -0.3 is 15.2 Å². The van der Waals surface area contributed by atoms with Gasteiger partial charge in [-0.15, -0.1) is 0 Å². The van der Waals surface area contributed by atoms with Crippen molar-refractivity contribution >= 4 is 27.9 Å². The molecule has 1 aromatic carbocycles. The second kappa shape index (κ2) is 7.69. The van der Waals surface area contributed by atoms with Crippen molar-refractivity contribution in [3.63, 3.8) is 0 Å². The summed E-state index contributed by atoms with van der Waals surface area (Å²) in [6.45, 7) is 3.55. The van der Waals surface area contributed by atoms with Gasteiger partial charge in [0.2, 0.25) is 16.0 Å². The monoisotopic (exact) mass is 465 g/mol. The smallest absolute Gasteiger partial charge is 0.260 e. The molecule has 2 atom stereocenters. The average molecular weight is 465 g/mol. The molecule has 1 aromatic heterocycles. The molecule has 9 nitrogen and oxygen atoms in total. The van der Waals surface area contributed by atoms with Crippen molar-refractivity contribution < 1.29 is 26.7 Å². The minimum Gasteiger partial charge on any atom is -0.480 e. The first-order chi connectivity index (χ1) is 15.0. The molecule has 32 heavy (non-hydrogen) atoms. The molecule has 170 valence electrons. The molecule has 0 saturated carbocycles. The van der Waals surface area contributed by atoms with Crippen molar-refractivity contribution in [1.29, 1.82) is 0 Å². The molecule has 2 aliphatic heterocycles. The summed E-state index contributed by atoms with van der Waals surface area (Å²) in [5, 5.41) is 0. The minimum atomic E-state index is -3.80. The Morgan fingerprint density at radius 2 is 2.16 bits per heavy atom. The molecule has 0 fully saturated rings. The summed E-state index contributed by atoms with van der Waals surface area (Å²) in [6.07, 6.45) is 2.26. The van der Waals surface area contributed by atoms with Gasteiger partial charge in [0.15, 0.2) is 17.4 Å². The number of halogens is 2. The Kier molecular flexibility index (Phi) is 5.27. The number of ether oxygens (including phenoxy) is 2. The quantitative estimate of drug-likeness (QED) is 0.737. The molecule has 0 spiro atoms. The van der Waals surface area contributed by atoms with Gasteiger partial charge in [-0.05, 0) is 37.6 Å². The van der Waals surface area contributed by atoms with Crippen LogP contribution in [0.2, 0.25) is 0 Å². The molecule has 3 heterocycles. The van der Waals surface area contributed by atoms with Crippen LogP contribution in [-0.4, -0.2) is 54.2 Å². The number of nitrogens with two attached hydrogens (primary N) is 1. The van der Waals surface area contributed by atoms with E-state index in [1.165, 1.54) is 32.3 Å². The van der Waals surface area contributed by atoms with E-state index in [1.54, 1.807) is 0 Å². The number of benzene rings is 1. The summed E-state index contributed by atoms with van der Waals surface area (Å²) in [4.78, 5) is 12.2. The Hall–Kier alpha value is -3.28. The van der Waals surface area contributed by atoms with E-state index in [2.05, 4.69) is 15.0 Å². The highest BCUT2D eigenvalue weighted by Crippen LogP contribution is 2.35. The van der Waals surface area contributed by atoms with Crippen LogP contribution in [-0.2, 0) is 15.6 Å². The average Bonchev–Trinajstić information content (AvgIpc) is 2.72. The van der Waals surface area contributed by atoms with E-state index in [0.29, 0.717) is 5.75 Å². The molecular formula is C20H21F2N5O4S. The topological polar surface area (TPSA) is 120 Å². The van der Waals surface area contributed by atoms with Crippen LogP contribution in [0.3, 0.4) is 0 Å². The number of rotatable bonds is 3. The van der Waals surface area contributed by atoms with E-state index >= 15 is 0 Å². The highest BCUT2D eigenvalue weighted by Gasteiger charge is 2.41. The van der Waals surface area contributed by atoms with Gasteiger partial charge in [-0.3, -0.25) is 0 Å². The summed E-state index contributed by atoms with van der Waals surface area (Å²) in [7, 11) is -2.53. The van der Waals surface area contributed by atoms with Gasteiger partial charge in [0.1, 0.15) is 24.1 Å². The van der Waals surface area contributed by atoms with Crippen LogP contribution in [0.25, 0.3) is 11.9 Å². The van der Waals surface area contributed by atoms with Crippen LogP contribution >= 0.6 is 0 Å². The summed E-state index contributed by atoms with van der Waals surface area (Å²) in [6, 6.07) is 3.78. The van der Waals surface area contributed by atoms with E-state index in [-0.39, 0.29) is 41.5 Å². The molecule has 2 aromatic rings.